The summed E-state index contributed by atoms with van der Waals surface area (Å²) >= 11 is 0. The fourth-order valence-electron chi connectivity index (χ4n) is 7.59. The monoisotopic (exact) mass is 718 g/mol. The molecule has 0 bridgehead atoms. The van der Waals surface area contributed by atoms with Crippen LogP contribution in [-0.4, -0.2) is 19.9 Å². The lowest BCUT2D eigenvalue weighted by molar-refractivity contribution is 0.653. The third-order valence-corrected chi connectivity index (χ3v) is 10.4. The van der Waals surface area contributed by atoms with Crippen LogP contribution in [0.4, 0.5) is 0 Å². The second-order valence-electron chi connectivity index (χ2n) is 13.8. The van der Waals surface area contributed by atoms with Crippen molar-refractivity contribution in [2.45, 2.75) is 0 Å². The van der Waals surface area contributed by atoms with E-state index in [0.717, 1.165) is 88.6 Å². The highest BCUT2D eigenvalue weighted by Crippen LogP contribution is 2.39. The zero-order valence-electron chi connectivity index (χ0n) is 29.9. The Hall–Kier alpha value is -7.70. The summed E-state index contributed by atoms with van der Waals surface area (Å²) in [5, 5.41) is 3.86. The average Bonchev–Trinajstić information content (AvgIpc) is 3.85. The summed E-state index contributed by atoms with van der Waals surface area (Å²) in [7, 11) is 0. The molecule has 56 heavy (non-hydrogen) atoms. The van der Waals surface area contributed by atoms with Gasteiger partial charge in [0, 0.05) is 33.0 Å². The Kier molecular flexibility index (Phi) is 7.38. The Morgan fingerprint density at radius 3 is 1.04 bits per heavy atom. The summed E-state index contributed by atoms with van der Waals surface area (Å²) in [6.07, 6.45) is 0. The van der Waals surface area contributed by atoms with Crippen LogP contribution in [-0.2, 0) is 0 Å². The molecule has 0 fully saturated rings. The van der Waals surface area contributed by atoms with Crippen LogP contribution in [0, 0.1) is 0 Å². The van der Waals surface area contributed by atoms with Crippen molar-refractivity contribution in [3.05, 3.63) is 182 Å². The lowest BCUT2D eigenvalue weighted by atomic mass is 9.98. The van der Waals surface area contributed by atoms with Gasteiger partial charge in [-0.25, -0.2) is 9.97 Å². The average molecular weight is 719 g/mol. The quantitative estimate of drug-likeness (QED) is 0.170. The molecule has 0 saturated heterocycles. The molecule has 0 spiro atoms. The van der Waals surface area contributed by atoms with Crippen molar-refractivity contribution in [1.82, 2.24) is 19.9 Å². The smallest absolute Gasteiger partial charge is 0.231 e. The molecule has 0 unspecified atom stereocenters. The number of hydrogen-bond acceptors (Lipinski definition) is 6. The maximum absolute atomic E-state index is 6.24. The van der Waals surface area contributed by atoms with E-state index in [9.17, 15) is 0 Å². The van der Waals surface area contributed by atoms with E-state index in [4.69, 9.17) is 28.8 Å². The van der Waals surface area contributed by atoms with Gasteiger partial charge in [0.25, 0.3) is 0 Å². The minimum absolute atomic E-state index is 0.583. The molecule has 4 heterocycles. The Bertz CT molecular complexity index is 3210. The van der Waals surface area contributed by atoms with Gasteiger partial charge in [0.15, 0.2) is 11.6 Å². The first-order valence-corrected chi connectivity index (χ1v) is 18.5. The first kappa shape index (κ1) is 31.8. The van der Waals surface area contributed by atoms with Gasteiger partial charge in [0.1, 0.15) is 11.2 Å². The first-order chi connectivity index (χ1) is 27.7. The second kappa shape index (κ2) is 13.0. The molecule has 0 N–H and O–H groups in total. The van der Waals surface area contributed by atoms with Crippen molar-refractivity contribution < 1.29 is 8.83 Å². The minimum atomic E-state index is 0.583. The standard InChI is InChI=1S/C50H30N4O2/c1-3-11-35(12-4-1)45-43-39-15-7-9-17-41(39)55-49(43)54-48(51-45)38-29-25-34(26-30-38)32-21-19-31(20-22-32)33-23-27-36(28-24-33)46-44-40-16-8-10-18-42(40)56-50(44)53-47(52-46)37-13-5-2-6-14-37/h1-30H. The Morgan fingerprint density at radius 2 is 0.589 bits per heavy atom. The van der Waals surface area contributed by atoms with E-state index >= 15 is 0 Å². The number of aromatic nitrogens is 4. The highest BCUT2D eigenvalue weighted by Gasteiger charge is 2.20. The Morgan fingerprint density at radius 1 is 0.268 bits per heavy atom. The normalized spacial score (nSPS) is 11.6. The van der Waals surface area contributed by atoms with Crippen LogP contribution in [0.2, 0.25) is 0 Å². The lowest BCUT2D eigenvalue weighted by Gasteiger charge is -2.09. The topological polar surface area (TPSA) is 77.8 Å². The summed E-state index contributed by atoms with van der Waals surface area (Å²) in [5.74, 6) is 1.26. The molecule has 11 rings (SSSR count). The van der Waals surface area contributed by atoms with Gasteiger partial charge in [0.05, 0.1) is 22.2 Å². The van der Waals surface area contributed by atoms with Gasteiger partial charge in [0.2, 0.25) is 11.4 Å². The predicted octanol–water partition coefficient (Wildman–Crippen LogP) is 13.1. The van der Waals surface area contributed by atoms with Crippen molar-refractivity contribution in [1.29, 1.82) is 0 Å². The zero-order chi connectivity index (χ0) is 37.0. The molecule has 0 aliphatic rings. The maximum Gasteiger partial charge on any atom is 0.231 e. The van der Waals surface area contributed by atoms with Crippen LogP contribution in [0.25, 0.3) is 112 Å². The highest BCUT2D eigenvalue weighted by molar-refractivity contribution is 6.11. The highest BCUT2D eigenvalue weighted by atomic mass is 16.3. The maximum atomic E-state index is 6.24. The van der Waals surface area contributed by atoms with Crippen LogP contribution >= 0.6 is 0 Å². The van der Waals surface area contributed by atoms with Gasteiger partial charge in [-0.15, -0.1) is 0 Å². The van der Waals surface area contributed by atoms with E-state index in [2.05, 4.69) is 97.1 Å². The predicted molar refractivity (Wildman–Crippen MR) is 225 cm³/mol. The van der Waals surface area contributed by atoms with E-state index in [0.29, 0.717) is 23.1 Å². The van der Waals surface area contributed by atoms with Crippen molar-refractivity contribution in [3.8, 4) is 67.5 Å². The van der Waals surface area contributed by atoms with Gasteiger partial charge in [-0.3, -0.25) is 0 Å². The number of rotatable bonds is 6. The molecule has 0 radical (unpaired) electrons. The summed E-state index contributed by atoms with van der Waals surface area (Å²) < 4.78 is 12.5. The van der Waals surface area contributed by atoms with Crippen LogP contribution in [0.1, 0.15) is 0 Å². The molecule has 0 saturated carbocycles. The van der Waals surface area contributed by atoms with Crippen molar-refractivity contribution in [2.75, 3.05) is 0 Å². The zero-order valence-corrected chi connectivity index (χ0v) is 29.9. The van der Waals surface area contributed by atoms with Crippen LogP contribution in [0.15, 0.2) is 191 Å². The molecule has 0 aliphatic heterocycles. The summed E-state index contributed by atoms with van der Waals surface area (Å²) in [6, 6.07) is 62.0. The van der Waals surface area contributed by atoms with Gasteiger partial charge < -0.3 is 8.83 Å². The second-order valence-corrected chi connectivity index (χ2v) is 13.8. The van der Waals surface area contributed by atoms with Crippen molar-refractivity contribution >= 4 is 44.1 Å². The molecule has 6 nitrogen and oxygen atoms in total. The number of benzene rings is 7. The van der Waals surface area contributed by atoms with E-state index in [1.54, 1.807) is 0 Å². The summed E-state index contributed by atoms with van der Waals surface area (Å²) in [6.45, 7) is 0. The molecular formula is C50H30N4O2. The number of fused-ring (bicyclic) bond motifs is 6. The number of para-hydroxylation sites is 2. The Balaban J connectivity index is 0.895. The third-order valence-electron chi connectivity index (χ3n) is 10.4. The van der Waals surface area contributed by atoms with Gasteiger partial charge >= 0.3 is 0 Å². The molecule has 0 atom stereocenters. The van der Waals surface area contributed by atoms with Gasteiger partial charge in [-0.2, -0.15) is 9.97 Å². The molecule has 0 aliphatic carbocycles. The van der Waals surface area contributed by atoms with E-state index in [-0.39, 0.29) is 0 Å². The van der Waals surface area contributed by atoms with Crippen LogP contribution < -0.4 is 0 Å². The Labute approximate surface area is 321 Å². The van der Waals surface area contributed by atoms with Crippen molar-refractivity contribution in [2.24, 2.45) is 0 Å². The van der Waals surface area contributed by atoms with Gasteiger partial charge in [-0.1, -0.05) is 170 Å². The van der Waals surface area contributed by atoms with E-state index in [1.807, 2.05) is 84.9 Å². The third kappa shape index (κ3) is 5.43. The van der Waals surface area contributed by atoms with Gasteiger partial charge in [-0.05, 0) is 34.4 Å². The summed E-state index contributed by atoms with van der Waals surface area (Å²) in [5.41, 5.74) is 12.8. The lowest BCUT2D eigenvalue weighted by Crippen LogP contribution is -1.94. The molecule has 7 aromatic carbocycles. The van der Waals surface area contributed by atoms with E-state index < -0.39 is 0 Å². The molecule has 6 heteroatoms. The molecular weight excluding hydrogens is 689 g/mol. The SMILES string of the molecule is c1ccc(-c2nc(-c3ccc(-c4ccc(-c5ccc(-c6nc(-c7ccccc7)c7c(n6)oc6ccccc67)cc5)cc4)cc3)c3c(n2)oc2ccccc23)cc1. The number of nitrogens with zero attached hydrogens (tertiary/aromatic N) is 4. The van der Waals surface area contributed by atoms with E-state index in [1.165, 1.54) is 0 Å². The molecule has 262 valence electrons. The van der Waals surface area contributed by atoms with Crippen LogP contribution in [0.5, 0.6) is 0 Å². The van der Waals surface area contributed by atoms with Crippen molar-refractivity contribution in [3.63, 3.8) is 0 Å². The summed E-state index contributed by atoms with van der Waals surface area (Å²) in [4.78, 5) is 19.9. The molecule has 0 amide bonds. The molecule has 11 aromatic rings. The fraction of sp³-hybridized carbons (Fsp3) is 0. The minimum Gasteiger partial charge on any atom is -0.438 e. The first-order valence-electron chi connectivity index (χ1n) is 18.5. The van der Waals surface area contributed by atoms with Crippen LogP contribution in [0.3, 0.4) is 0 Å². The molecule has 4 aromatic heterocycles. The number of hydrogen-bond donors (Lipinski definition) is 0. The largest absolute Gasteiger partial charge is 0.438 e. The fourth-order valence-corrected chi connectivity index (χ4v) is 7.59. The number of furan rings is 2.